The van der Waals surface area contributed by atoms with E-state index in [-0.39, 0.29) is 6.20 Å². The van der Waals surface area contributed by atoms with Crippen LogP contribution in [0.4, 0.5) is 39.5 Å². The van der Waals surface area contributed by atoms with Crippen LogP contribution in [-0.2, 0) is 6.18 Å². The Morgan fingerprint density at radius 2 is 1.58 bits per heavy atom. The molecule has 0 saturated heterocycles. The number of nitrogens with zero attached hydrogens (tertiary/aromatic N) is 1. The first-order valence-electron chi connectivity index (χ1n) is 4.23. The molecule has 11 heteroatoms. The van der Waals surface area contributed by atoms with Crippen LogP contribution in [0, 0.1) is 5.82 Å². The van der Waals surface area contributed by atoms with E-state index in [4.69, 9.17) is 0 Å². The van der Waals surface area contributed by atoms with Gasteiger partial charge in [0, 0.05) is 6.20 Å². The molecule has 0 radical (unpaired) electrons. The normalized spacial score (nSPS) is 12.9. The smallest absolute Gasteiger partial charge is 0.387 e. The van der Waals surface area contributed by atoms with Gasteiger partial charge < -0.3 is 4.74 Å². The lowest BCUT2D eigenvalue weighted by Crippen LogP contribution is -2.22. The monoisotopic (exact) mass is 299 g/mol. The maximum Gasteiger partial charge on any atom is 0.574 e. The Morgan fingerprint density at radius 1 is 1.05 bits per heavy atom. The number of alkyl halides is 8. The standard InChI is InChI=1S/C8H2F9NO/c9-4-2(5(10)11)1-18-6(19-8(15,16)17)3(4)7(12,13)14/h1,5H. The van der Waals surface area contributed by atoms with Crippen molar-refractivity contribution in [3.63, 3.8) is 0 Å². The van der Waals surface area contributed by atoms with Crippen LogP contribution < -0.4 is 4.74 Å². The van der Waals surface area contributed by atoms with Gasteiger partial charge in [-0.3, -0.25) is 0 Å². The Hall–Kier alpha value is -1.68. The Bertz CT molecular complexity index is 465. The van der Waals surface area contributed by atoms with Crippen molar-refractivity contribution in [1.29, 1.82) is 0 Å². The summed E-state index contributed by atoms with van der Waals surface area (Å²) in [7, 11) is 0. The fourth-order valence-electron chi connectivity index (χ4n) is 1.07. The van der Waals surface area contributed by atoms with Gasteiger partial charge in [-0.2, -0.15) is 13.2 Å². The van der Waals surface area contributed by atoms with Gasteiger partial charge in [0.05, 0.1) is 5.56 Å². The molecule has 1 aromatic rings. The van der Waals surface area contributed by atoms with Crippen molar-refractivity contribution in [3.8, 4) is 5.88 Å². The van der Waals surface area contributed by atoms with Gasteiger partial charge in [0.1, 0.15) is 0 Å². The molecule has 1 rings (SSSR count). The van der Waals surface area contributed by atoms with E-state index in [1.807, 2.05) is 0 Å². The summed E-state index contributed by atoms with van der Waals surface area (Å²) in [5.74, 6) is -4.74. The van der Waals surface area contributed by atoms with Gasteiger partial charge in [-0.1, -0.05) is 0 Å². The minimum atomic E-state index is -5.68. The van der Waals surface area contributed by atoms with E-state index >= 15 is 0 Å². The lowest BCUT2D eigenvalue weighted by atomic mass is 10.1. The highest BCUT2D eigenvalue weighted by Gasteiger charge is 2.44. The summed E-state index contributed by atoms with van der Waals surface area (Å²) in [6, 6.07) is 0. The molecular formula is C8H2F9NO. The molecule has 0 aliphatic rings. The van der Waals surface area contributed by atoms with Crippen LogP contribution >= 0.6 is 0 Å². The first kappa shape index (κ1) is 15.4. The predicted octanol–water partition coefficient (Wildman–Crippen LogP) is 4.08. The number of halogens is 9. The molecule has 0 aliphatic heterocycles. The number of hydrogen-bond donors (Lipinski definition) is 0. The van der Waals surface area contributed by atoms with Gasteiger partial charge in [-0.15, -0.1) is 13.2 Å². The van der Waals surface area contributed by atoms with Crippen LogP contribution in [0.5, 0.6) is 5.88 Å². The molecule has 0 unspecified atom stereocenters. The zero-order valence-electron chi connectivity index (χ0n) is 8.41. The first-order chi connectivity index (χ1) is 8.43. The van der Waals surface area contributed by atoms with E-state index in [9.17, 15) is 39.5 Å². The van der Waals surface area contributed by atoms with Crippen molar-refractivity contribution in [2.24, 2.45) is 0 Å². The first-order valence-corrected chi connectivity index (χ1v) is 4.23. The third-order valence-electron chi connectivity index (χ3n) is 1.74. The highest BCUT2D eigenvalue weighted by atomic mass is 19.4. The van der Waals surface area contributed by atoms with Crippen LogP contribution in [0.1, 0.15) is 17.6 Å². The summed E-state index contributed by atoms with van der Waals surface area (Å²) in [5, 5.41) is 0. The molecule has 0 N–H and O–H groups in total. The van der Waals surface area contributed by atoms with Crippen molar-refractivity contribution in [3.05, 3.63) is 23.1 Å². The Balaban J connectivity index is 3.45. The molecule has 1 heterocycles. The van der Waals surface area contributed by atoms with Crippen LogP contribution in [-0.4, -0.2) is 11.3 Å². The highest BCUT2D eigenvalue weighted by molar-refractivity contribution is 5.35. The average Bonchev–Trinajstić information content (AvgIpc) is 2.11. The number of rotatable bonds is 2. The molecule has 1 aromatic heterocycles. The van der Waals surface area contributed by atoms with E-state index in [1.165, 1.54) is 0 Å². The fraction of sp³-hybridized carbons (Fsp3) is 0.375. The van der Waals surface area contributed by atoms with Crippen LogP contribution in [0.3, 0.4) is 0 Å². The molecule has 0 bridgehead atoms. The van der Waals surface area contributed by atoms with Crippen LogP contribution in [0.2, 0.25) is 0 Å². The van der Waals surface area contributed by atoms with Gasteiger partial charge in [-0.05, 0) is 0 Å². The number of aromatic nitrogens is 1. The SMILES string of the molecule is Fc1c(C(F)F)cnc(OC(F)(F)F)c1C(F)(F)F. The number of hydrogen-bond acceptors (Lipinski definition) is 2. The average molecular weight is 299 g/mol. The molecule has 0 aromatic carbocycles. The maximum atomic E-state index is 13.2. The third-order valence-corrected chi connectivity index (χ3v) is 1.74. The number of ether oxygens (including phenoxy) is 1. The van der Waals surface area contributed by atoms with E-state index in [1.54, 1.807) is 0 Å². The van der Waals surface area contributed by atoms with Crippen molar-refractivity contribution in [1.82, 2.24) is 4.98 Å². The van der Waals surface area contributed by atoms with Crippen LogP contribution in [0.25, 0.3) is 0 Å². The van der Waals surface area contributed by atoms with Crippen molar-refractivity contribution in [2.75, 3.05) is 0 Å². The second-order valence-corrected chi connectivity index (χ2v) is 3.05. The van der Waals surface area contributed by atoms with E-state index < -0.39 is 41.8 Å². The summed E-state index contributed by atoms with van der Waals surface area (Å²) >= 11 is 0. The maximum absolute atomic E-state index is 13.2. The summed E-state index contributed by atoms with van der Waals surface area (Å²) in [4.78, 5) is 2.43. The molecule has 0 amide bonds. The van der Waals surface area contributed by atoms with Crippen molar-refractivity contribution in [2.45, 2.75) is 19.0 Å². The number of pyridine rings is 1. The molecule has 0 fully saturated rings. The summed E-state index contributed by atoms with van der Waals surface area (Å²) in [6.07, 6.45) is -15.1. The Kier molecular flexibility index (Phi) is 3.87. The fourth-order valence-corrected chi connectivity index (χ4v) is 1.07. The van der Waals surface area contributed by atoms with Gasteiger partial charge in [0.15, 0.2) is 11.4 Å². The highest BCUT2D eigenvalue weighted by Crippen LogP contribution is 2.41. The third kappa shape index (κ3) is 3.64. The van der Waals surface area contributed by atoms with Gasteiger partial charge in [0.25, 0.3) is 6.43 Å². The molecule has 0 atom stereocenters. The van der Waals surface area contributed by atoms with E-state index in [0.717, 1.165) is 0 Å². The minimum Gasteiger partial charge on any atom is -0.387 e. The molecule has 0 spiro atoms. The summed E-state index contributed by atoms with van der Waals surface area (Å²) in [5.41, 5.74) is -4.41. The zero-order chi connectivity index (χ0) is 15.0. The molecular weight excluding hydrogens is 297 g/mol. The van der Waals surface area contributed by atoms with Crippen molar-refractivity contribution >= 4 is 0 Å². The van der Waals surface area contributed by atoms with Gasteiger partial charge in [-0.25, -0.2) is 18.2 Å². The van der Waals surface area contributed by atoms with Crippen molar-refractivity contribution < 1.29 is 44.3 Å². The molecule has 0 aliphatic carbocycles. The molecule has 0 saturated carbocycles. The van der Waals surface area contributed by atoms with E-state index in [2.05, 4.69) is 9.72 Å². The Labute approximate surface area is 98.3 Å². The summed E-state index contributed by atoms with van der Waals surface area (Å²) < 4.78 is 113. The van der Waals surface area contributed by atoms with E-state index in [0.29, 0.717) is 0 Å². The zero-order valence-corrected chi connectivity index (χ0v) is 8.41. The molecule has 2 nitrogen and oxygen atoms in total. The second kappa shape index (κ2) is 4.78. The summed E-state index contributed by atoms with van der Waals surface area (Å²) in [6.45, 7) is 0. The minimum absolute atomic E-state index is 0.156. The van der Waals surface area contributed by atoms with Crippen LogP contribution in [0.15, 0.2) is 6.20 Å². The largest absolute Gasteiger partial charge is 0.574 e. The topological polar surface area (TPSA) is 22.1 Å². The predicted molar refractivity (Wildman–Crippen MR) is 40.8 cm³/mol. The van der Waals surface area contributed by atoms with Gasteiger partial charge in [0.2, 0.25) is 5.88 Å². The molecule has 108 valence electrons. The lowest BCUT2D eigenvalue weighted by molar-refractivity contribution is -0.278. The molecule has 19 heavy (non-hydrogen) atoms. The lowest BCUT2D eigenvalue weighted by Gasteiger charge is -2.16. The second-order valence-electron chi connectivity index (χ2n) is 3.05. The Morgan fingerprint density at radius 3 is 1.95 bits per heavy atom. The van der Waals surface area contributed by atoms with Gasteiger partial charge >= 0.3 is 12.5 Å². The quantitative estimate of drug-likeness (QED) is 0.768.